The van der Waals surface area contributed by atoms with E-state index in [0.717, 1.165) is 23.1 Å². The molecule has 4 rings (SSSR count). The number of aryl methyl sites for hydroxylation is 1. The Morgan fingerprint density at radius 3 is 2.42 bits per heavy atom. The second-order valence-electron chi connectivity index (χ2n) is 8.44. The van der Waals surface area contributed by atoms with E-state index in [0.29, 0.717) is 11.3 Å². The smallest absolute Gasteiger partial charge is 0.300 e. The first-order valence-electron chi connectivity index (χ1n) is 11.5. The Bertz CT molecular complexity index is 1470. The predicted octanol–water partition coefficient (Wildman–Crippen LogP) is 5.97. The maximum atomic E-state index is 15.0. The number of hydrogen-bond acceptors (Lipinski definition) is 6. The largest absolute Gasteiger partial charge is 0.507 e. The van der Waals surface area contributed by atoms with E-state index in [4.69, 9.17) is 25.8 Å². The summed E-state index contributed by atoms with van der Waals surface area (Å²) in [5.41, 5.74) is 0.128. The number of hydrogen-bond donors (Lipinski definition) is 1. The minimum atomic E-state index is -1.36. The van der Waals surface area contributed by atoms with E-state index in [1.807, 2.05) is 0 Å². The Morgan fingerprint density at radius 1 is 1.03 bits per heavy atom. The van der Waals surface area contributed by atoms with E-state index in [2.05, 4.69) is 0 Å². The van der Waals surface area contributed by atoms with Gasteiger partial charge >= 0.3 is 0 Å². The number of carbonyl (C=O) groups excluding carboxylic acids is 2. The van der Waals surface area contributed by atoms with Gasteiger partial charge in [0.25, 0.3) is 11.7 Å². The molecule has 0 spiro atoms. The van der Waals surface area contributed by atoms with Crippen LogP contribution in [0.1, 0.15) is 29.7 Å². The molecule has 0 saturated carbocycles. The lowest BCUT2D eigenvalue weighted by atomic mass is 9.94. The molecule has 3 aromatic carbocycles. The number of amides is 1. The van der Waals surface area contributed by atoms with Crippen LogP contribution < -0.4 is 19.1 Å². The lowest BCUT2D eigenvalue weighted by Gasteiger charge is -2.26. The van der Waals surface area contributed by atoms with Crippen LogP contribution in [-0.2, 0) is 9.59 Å². The van der Waals surface area contributed by atoms with Crippen LogP contribution in [0.2, 0.25) is 5.02 Å². The minimum Gasteiger partial charge on any atom is -0.507 e. The fraction of sp³-hybridized carbons (Fsp3) is 0.214. The van der Waals surface area contributed by atoms with E-state index in [1.54, 1.807) is 26.0 Å². The molecule has 1 aliphatic heterocycles. The van der Waals surface area contributed by atoms with Crippen molar-refractivity contribution in [1.82, 2.24) is 0 Å². The highest BCUT2D eigenvalue weighted by atomic mass is 35.5. The zero-order valence-corrected chi connectivity index (χ0v) is 21.7. The minimum absolute atomic E-state index is 0.0544. The van der Waals surface area contributed by atoms with Crippen molar-refractivity contribution in [3.63, 3.8) is 0 Å². The number of aliphatic hydroxyl groups is 1. The standard InChI is InChI=1S/C28H24ClF2NO6/c1-5-38-22-12-15(6-9-21(22)36-3)24-23(25(33)17-10-14(2)11-18(29)27(17)37-4)26(34)28(35)32(24)20-13-16(30)7-8-19(20)31/h6-13,24,33H,5H2,1-4H3/b25-23+. The van der Waals surface area contributed by atoms with Crippen LogP contribution in [-0.4, -0.2) is 37.6 Å². The van der Waals surface area contributed by atoms with Crippen LogP contribution in [0.25, 0.3) is 5.76 Å². The number of ether oxygens (including phenoxy) is 3. The molecular weight excluding hydrogens is 520 g/mol. The summed E-state index contributed by atoms with van der Waals surface area (Å²) in [4.78, 5) is 27.6. The maximum Gasteiger partial charge on any atom is 0.300 e. The summed E-state index contributed by atoms with van der Waals surface area (Å²) in [6, 6.07) is 8.93. The van der Waals surface area contributed by atoms with Gasteiger partial charge in [-0.25, -0.2) is 8.78 Å². The molecule has 7 nitrogen and oxygen atoms in total. The van der Waals surface area contributed by atoms with Gasteiger partial charge < -0.3 is 19.3 Å². The fourth-order valence-corrected chi connectivity index (χ4v) is 4.81. The molecule has 38 heavy (non-hydrogen) atoms. The Hall–Kier alpha value is -4.11. The Morgan fingerprint density at radius 2 is 1.76 bits per heavy atom. The van der Waals surface area contributed by atoms with Gasteiger partial charge in [-0.1, -0.05) is 17.7 Å². The second-order valence-corrected chi connectivity index (χ2v) is 8.84. The average molecular weight is 544 g/mol. The van der Waals surface area contributed by atoms with Gasteiger partial charge in [0.15, 0.2) is 11.5 Å². The third-order valence-corrected chi connectivity index (χ3v) is 6.34. The molecule has 1 heterocycles. The lowest BCUT2D eigenvalue weighted by Crippen LogP contribution is -2.30. The summed E-state index contributed by atoms with van der Waals surface area (Å²) >= 11 is 6.31. The van der Waals surface area contributed by atoms with Crippen molar-refractivity contribution < 1.29 is 37.7 Å². The number of aliphatic hydroxyl groups excluding tert-OH is 1. The molecular formula is C28H24ClF2NO6. The number of halogens is 3. The Kier molecular flexibility index (Phi) is 7.59. The van der Waals surface area contributed by atoms with Crippen LogP contribution in [0.5, 0.6) is 17.2 Å². The highest BCUT2D eigenvalue weighted by Crippen LogP contribution is 2.46. The SMILES string of the molecule is CCOc1cc(C2/C(=C(\O)c3cc(C)cc(Cl)c3OC)C(=O)C(=O)N2c2cc(F)ccc2F)ccc1OC. The highest BCUT2D eigenvalue weighted by Gasteiger charge is 2.48. The molecule has 198 valence electrons. The fourth-order valence-electron chi connectivity index (χ4n) is 4.46. The van der Waals surface area contributed by atoms with Crippen LogP contribution >= 0.6 is 11.6 Å². The van der Waals surface area contributed by atoms with Gasteiger partial charge in [0.2, 0.25) is 0 Å². The second kappa shape index (κ2) is 10.7. The number of Topliss-reactive ketones (excluding diaryl/α,β-unsaturated/α-hetero) is 1. The third-order valence-electron chi connectivity index (χ3n) is 6.06. The molecule has 0 bridgehead atoms. The van der Waals surface area contributed by atoms with Crippen LogP contribution in [0.15, 0.2) is 54.1 Å². The van der Waals surface area contributed by atoms with Gasteiger partial charge in [0.1, 0.15) is 23.1 Å². The van der Waals surface area contributed by atoms with E-state index in [9.17, 15) is 23.5 Å². The topological polar surface area (TPSA) is 85.3 Å². The number of nitrogens with zero attached hydrogens (tertiary/aromatic N) is 1. The number of ketones is 1. The third kappa shape index (κ3) is 4.65. The number of methoxy groups -OCH3 is 2. The van der Waals surface area contributed by atoms with Crippen LogP contribution in [0, 0.1) is 18.6 Å². The number of rotatable bonds is 7. The molecule has 1 amide bonds. The highest BCUT2D eigenvalue weighted by molar-refractivity contribution is 6.51. The zero-order valence-electron chi connectivity index (χ0n) is 21.0. The molecule has 1 N–H and O–H groups in total. The summed E-state index contributed by atoms with van der Waals surface area (Å²) in [6.07, 6.45) is 0. The summed E-state index contributed by atoms with van der Waals surface area (Å²) in [5, 5.41) is 11.6. The van der Waals surface area contributed by atoms with Crippen molar-refractivity contribution in [2.75, 3.05) is 25.7 Å². The molecule has 10 heteroatoms. The molecule has 1 saturated heterocycles. The van der Waals surface area contributed by atoms with E-state index in [-0.39, 0.29) is 39.8 Å². The molecule has 1 fully saturated rings. The molecule has 0 aromatic heterocycles. The van der Waals surface area contributed by atoms with E-state index < -0.39 is 40.8 Å². The Balaban J connectivity index is 2.06. The van der Waals surface area contributed by atoms with Gasteiger partial charge in [-0.15, -0.1) is 0 Å². The first kappa shape index (κ1) is 26.9. The summed E-state index contributed by atoms with van der Waals surface area (Å²) in [6.45, 7) is 3.75. The first-order valence-corrected chi connectivity index (χ1v) is 11.9. The van der Waals surface area contributed by atoms with E-state index in [1.165, 1.54) is 32.4 Å². The van der Waals surface area contributed by atoms with Gasteiger partial charge in [-0.05, 0) is 61.4 Å². The lowest BCUT2D eigenvalue weighted by molar-refractivity contribution is -0.132. The normalized spacial score (nSPS) is 16.6. The first-order chi connectivity index (χ1) is 18.1. The van der Waals surface area contributed by atoms with Crippen LogP contribution in [0.4, 0.5) is 14.5 Å². The van der Waals surface area contributed by atoms with Gasteiger partial charge in [0.05, 0.1) is 48.7 Å². The summed E-state index contributed by atoms with van der Waals surface area (Å²) in [5.74, 6) is -3.89. The van der Waals surface area contributed by atoms with Crippen molar-refractivity contribution in [1.29, 1.82) is 0 Å². The van der Waals surface area contributed by atoms with Gasteiger partial charge in [-0.2, -0.15) is 0 Å². The quantitative estimate of drug-likeness (QED) is 0.224. The summed E-state index contributed by atoms with van der Waals surface area (Å²) < 4.78 is 45.5. The van der Waals surface area contributed by atoms with Crippen LogP contribution in [0.3, 0.4) is 0 Å². The molecule has 1 unspecified atom stereocenters. The molecule has 0 radical (unpaired) electrons. The average Bonchev–Trinajstić information content (AvgIpc) is 3.15. The van der Waals surface area contributed by atoms with Gasteiger partial charge in [0, 0.05) is 6.07 Å². The Labute approximate surface area is 222 Å². The number of benzene rings is 3. The molecule has 1 atom stereocenters. The molecule has 0 aliphatic carbocycles. The maximum absolute atomic E-state index is 15.0. The van der Waals surface area contributed by atoms with Crippen molar-refractivity contribution in [3.8, 4) is 17.2 Å². The monoisotopic (exact) mass is 543 g/mol. The van der Waals surface area contributed by atoms with Gasteiger partial charge in [-0.3, -0.25) is 14.5 Å². The zero-order chi connectivity index (χ0) is 27.7. The number of carbonyl (C=O) groups is 2. The number of anilines is 1. The van der Waals surface area contributed by atoms with Crippen molar-refractivity contribution in [3.05, 3.63) is 87.5 Å². The molecule has 3 aromatic rings. The van der Waals surface area contributed by atoms with Crippen molar-refractivity contribution in [2.45, 2.75) is 19.9 Å². The van der Waals surface area contributed by atoms with Crippen molar-refractivity contribution in [2.24, 2.45) is 0 Å². The van der Waals surface area contributed by atoms with E-state index >= 15 is 0 Å². The predicted molar refractivity (Wildman–Crippen MR) is 138 cm³/mol. The molecule has 1 aliphatic rings. The summed E-state index contributed by atoms with van der Waals surface area (Å²) in [7, 11) is 2.78. The van der Waals surface area contributed by atoms with Crippen molar-refractivity contribution >= 4 is 34.7 Å².